The Morgan fingerprint density at radius 3 is 2.60 bits per heavy atom. The monoisotopic (exact) mass is 410 g/mol. The van der Waals surface area contributed by atoms with Crippen molar-refractivity contribution in [3.05, 3.63) is 35.5 Å². The lowest BCUT2D eigenvalue weighted by Gasteiger charge is -2.57. The largest absolute Gasteiger partial charge is 0.393 e. The Hall–Kier alpha value is -0.820. The third kappa shape index (κ3) is 3.58. The minimum Gasteiger partial charge on any atom is -0.393 e. The van der Waals surface area contributed by atoms with Crippen molar-refractivity contribution in [3.63, 3.8) is 0 Å². The first kappa shape index (κ1) is 22.4. The third-order valence-electron chi connectivity index (χ3n) is 10.4. The SMILES string of the molecule is C=C(C)[C@@H](CC)CC[C@@H](C)C1=CC[C@@H]2C3=CC[C@H]4C[C@@H](O)CC[C@]4(C)[C@@H]3CC[C@]12C. The molecule has 0 aromatic carbocycles. The average molecular weight is 411 g/mol. The highest BCUT2D eigenvalue weighted by molar-refractivity contribution is 5.36. The fourth-order valence-corrected chi connectivity index (χ4v) is 8.28. The molecule has 0 aliphatic heterocycles. The van der Waals surface area contributed by atoms with Crippen LogP contribution in [0.1, 0.15) is 98.8 Å². The number of allylic oxidation sites excluding steroid dienone is 5. The lowest BCUT2D eigenvalue weighted by Crippen LogP contribution is -2.49. The van der Waals surface area contributed by atoms with Crippen molar-refractivity contribution in [2.75, 3.05) is 0 Å². The zero-order valence-corrected chi connectivity index (χ0v) is 20.3. The molecule has 2 saturated carbocycles. The fraction of sp³-hybridized carbons (Fsp3) is 0.793. The Morgan fingerprint density at radius 1 is 1.13 bits per heavy atom. The third-order valence-corrected chi connectivity index (χ3v) is 10.4. The summed E-state index contributed by atoms with van der Waals surface area (Å²) in [7, 11) is 0. The second-order valence-electron chi connectivity index (χ2n) is 12.0. The molecule has 0 aromatic heterocycles. The van der Waals surface area contributed by atoms with E-state index in [0.29, 0.717) is 28.6 Å². The van der Waals surface area contributed by atoms with E-state index in [2.05, 4.69) is 53.3 Å². The van der Waals surface area contributed by atoms with Gasteiger partial charge >= 0.3 is 0 Å². The van der Waals surface area contributed by atoms with Gasteiger partial charge < -0.3 is 5.11 Å². The number of rotatable bonds is 6. The highest BCUT2D eigenvalue weighted by Gasteiger charge is 2.56. The van der Waals surface area contributed by atoms with E-state index in [1.54, 1.807) is 5.57 Å². The van der Waals surface area contributed by atoms with Gasteiger partial charge in [-0.1, -0.05) is 63.1 Å². The molecule has 8 atom stereocenters. The smallest absolute Gasteiger partial charge is 0.0543 e. The summed E-state index contributed by atoms with van der Waals surface area (Å²) in [6, 6.07) is 0. The van der Waals surface area contributed by atoms with Crippen LogP contribution in [0.25, 0.3) is 0 Å². The normalized spacial score (nSPS) is 42.3. The summed E-state index contributed by atoms with van der Waals surface area (Å²) in [4.78, 5) is 0. The van der Waals surface area contributed by atoms with Crippen molar-refractivity contribution in [1.82, 2.24) is 0 Å². The van der Waals surface area contributed by atoms with Crippen LogP contribution in [0, 0.1) is 40.4 Å². The molecule has 0 aromatic rings. The molecule has 0 saturated heterocycles. The first-order valence-corrected chi connectivity index (χ1v) is 12.9. The van der Waals surface area contributed by atoms with Crippen LogP contribution >= 0.6 is 0 Å². The second-order valence-corrected chi connectivity index (χ2v) is 12.0. The number of aliphatic hydroxyl groups is 1. The van der Waals surface area contributed by atoms with Gasteiger partial charge in [-0.05, 0) is 112 Å². The van der Waals surface area contributed by atoms with Gasteiger partial charge in [0.1, 0.15) is 0 Å². The summed E-state index contributed by atoms with van der Waals surface area (Å²) in [6.07, 6.45) is 17.5. The number of aliphatic hydroxyl groups excluding tert-OH is 1. The zero-order chi connectivity index (χ0) is 21.7. The maximum atomic E-state index is 10.3. The molecule has 4 aliphatic rings. The number of fused-ring (bicyclic) bond motifs is 5. The van der Waals surface area contributed by atoms with Crippen LogP contribution in [-0.2, 0) is 0 Å². The molecule has 0 bridgehead atoms. The summed E-state index contributed by atoms with van der Waals surface area (Å²) >= 11 is 0. The molecular weight excluding hydrogens is 364 g/mol. The molecule has 30 heavy (non-hydrogen) atoms. The van der Waals surface area contributed by atoms with E-state index in [1.165, 1.54) is 56.9 Å². The van der Waals surface area contributed by atoms with Crippen molar-refractivity contribution < 1.29 is 5.11 Å². The Labute approximate surface area is 186 Å². The van der Waals surface area contributed by atoms with Gasteiger partial charge in [0.25, 0.3) is 0 Å². The van der Waals surface area contributed by atoms with Crippen molar-refractivity contribution in [1.29, 1.82) is 0 Å². The highest BCUT2D eigenvalue weighted by atomic mass is 16.3. The average Bonchev–Trinajstić information content (AvgIpc) is 3.06. The molecule has 0 radical (unpaired) electrons. The zero-order valence-electron chi connectivity index (χ0n) is 20.3. The van der Waals surface area contributed by atoms with Crippen molar-refractivity contribution in [2.24, 2.45) is 40.4 Å². The van der Waals surface area contributed by atoms with Gasteiger partial charge in [0.05, 0.1) is 6.10 Å². The highest BCUT2D eigenvalue weighted by Crippen LogP contribution is 2.65. The van der Waals surface area contributed by atoms with Crippen molar-refractivity contribution in [2.45, 2.75) is 105 Å². The standard InChI is InChI=1S/C29H46O/c1-7-21(19(2)3)9-8-20(4)25-12-13-26-24-11-10-22-18-23(30)14-16-28(22,5)27(24)15-17-29(25,26)6/h11-12,20-23,26-27,30H,2,7-10,13-18H2,1,3-6H3/t20-,21+,22+,23+,26-,27-,28+,29-/m1/s1. The van der Waals surface area contributed by atoms with E-state index in [-0.39, 0.29) is 6.10 Å². The van der Waals surface area contributed by atoms with Crippen LogP contribution < -0.4 is 0 Å². The Kier molecular flexibility index (Phi) is 6.17. The van der Waals surface area contributed by atoms with Gasteiger partial charge in [0, 0.05) is 0 Å². The molecule has 168 valence electrons. The summed E-state index contributed by atoms with van der Waals surface area (Å²) in [5.41, 5.74) is 5.75. The van der Waals surface area contributed by atoms with E-state index in [4.69, 9.17) is 0 Å². The van der Waals surface area contributed by atoms with Crippen LogP contribution in [0.5, 0.6) is 0 Å². The molecule has 0 spiro atoms. The summed E-state index contributed by atoms with van der Waals surface area (Å²) < 4.78 is 0. The minimum atomic E-state index is -0.0568. The van der Waals surface area contributed by atoms with Gasteiger partial charge in [-0.25, -0.2) is 0 Å². The molecule has 0 amide bonds. The van der Waals surface area contributed by atoms with Crippen LogP contribution in [-0.4, -0.2) is 11.2 Å². The first-order valence-electron chi connectivity index (χ1n) is 12.9. The summed E-state index contributed by atoms with van der Waals surface area (Å²) in [6.45, 7) is 16.4. The quantitative estimate of drug-likeness (QED) is 0.442. The molecule has 2 fully saturated rings. The Balaban J connectivity index is 1.50. The molecular formula is C29H46O. The predicted octanol–water partition coefficient (Wildman–Crippen LogP) is 7.87. The van der Waals surface area contributed by atoms with E-state index < -0.39 is 0 Å². The van der Waals surface area contributed by atoms with Gasteiger partial charge in [-0.2, -0.15) is 0 Å². The number of hydrogen-bond donors (Lipinski definition) is 1. The van der Waals surface area contributed by atoms with Gasteiger partial charge in [-0.15, -0.1) is 0 Å². The van der Waals surface area contributed by atoms with Crippen LogP contribution in [0.4, 0.5) is 0 Å². The lowest BCUT2D eigenvalue weighted by atomic mass is 9.47. The molecule has 1 N–H and O–H groups in total. The Bertz CT molecular complexity index is 729. The van der Waals surface area contributed by atoms with E-state index in [1.807, 2.05) is 5.57 Å². The molecule has 4 rings (SSSR count). The van der Waals surface area contributed by atoms with Gasteiger partial charge in [0.15, 0.2) is 0 Å². The van der Waals surface area contributed by atoms with Crippen LogP contribution in [0.3, 0.4) is 0 Å². The molecule has 0 heterocycles. The van der Waals surface area contributed by atoms with Gasteiger partial charge in [-0.3, -0.25) is 0 Å². The number of hydrogen-bond acceptors (Lipinski definition) is 1. The van der Waals surface area contributed by atoms with Crippen LogP contribution in [0.15, 0.2) is 35.5 Å². The maximum Gasteiger partial charge on any atom is 0.0543 e. The van der Waals surface area contributed by atoms with E-state index in [0.717, 1.165) is 24.7 Å². The lowest BCUT2D eigenvalue weighted by molar-refractivity contribution is -0.0341. The fourth-order valence-electron chi connectivity index (χ4n) is 8.28. The first-order chi connectivity index (χ1) is 14.2. The van der Waals surface area contributed by atoms with E-state index in [9.17, 15) is 5.11 Å². The summed E-state index contributed by atoms with van der Waals surface area (Å²) in [5, 5.41) is 10.3. The topological polar surface area (TPSA) is 20.2 Å². The second kappa shape index (κ2) is 8.27. The predicted molar refractivity (Wildman–Crippen MR) is 128 cm³/mol. The van der Waals surface area contributed by atoms with Crippen LogP contribution in [0.2, 0.25) is 0 Å². The molecule has 4 aliphatic carbocycles. The van der Waals surface area contributed by atoms with E-state index >= 15 is 0 Å². The molecule has 0 unspecified atom stereocenters. The van der Waals surface area contributed by atoms with Crippen molar-refractivity contribution >= 4 is 0 Å². The molecule has 1 nitrogen and oxygen atoms in total. The maximum absolute atomic E-state index is 10.3. The Morgan fingerprint density at radius 2 is 1.90 bits per heavy atom. The van der Waals surface area contributed by atoms with Crippen molar-refractivity contribution in [3.8, 4) is 0 Å². The minimum absolute atomic E-state index is 0.0568. The summed E-state index contributed by atoms with van der Waals surface area (Å²) in [5.74, 6) is 3.58. The van der Waals surface area contributed by atoms with Gasteiger partial charge in [0.2, 0.25) is 0 Å². The molecule has 1 heteroatoms.